The van der Waals surface area contributed by atoms with Crippen molar-refractivity contribution in [1.29, 1.82) is 0 Å². The van der Waals surface area contributed by atoms with Crippen molar-refractivity contribution in [3.05, 3.63) is 41.7 Å². The van der Waals surface area contributed by atoms with E-state index in [4.69, 9.17) is 0 Å². The van der Waals surface area contributed by atoms with Gasteiger partial charge in [0.25, 0.3) is 0 Å². The van der Waals surface area contributed by atoms with Gasteiger partial charge in [0.2, 0.25) is 0 Å². The maximum absolute atomic E-state index is 13.6. The van der Waals surface area contributed by atoms with E-state index in [-0.39, 0.29) is 17.8 Å². The second-order valence-electron chi connectivity index (χ2n) is 3.33. The third-order valence-corrected chi connectivity index (χ3v) is 2.08. The molecule has 0 spiro atoms. The fourth-order valence-corrected chi connectivity index (χ4v) is 1.21. The first-order valence-corrected chi connectivity index (χ1v) is 5.22. The van der Waals surface area contributed by atoms with E-state index in [1.807, 2.05) is 0 Å². The second kappa shape index (κ2) is 6.48. The maximum atomic E-state index is 13.6. The quantitative estimate of drug-likeness (QED) is 0.638. The van der Waals surface area contributed by atoms with Crippen molar-refractivity contribution in [2.24, 2.45) is 4.99 Å². The van der Waals surface area contributed by atoms with Crippen LogP contribution in [0.2, 0.25) is 0 Å². The van der Waals surface area contributed by atoms with E-state index in [2.05, 4.69) is 26.6 Å². The lowest BCUT2D eigenvalue weighted by Crippen LogP contribution is -2.14. The molecule has 0 saturated carbocycles. The second-order valence-corrected chi connectivity index (χ2v) is 3.33. The summed E-state index contributed by atoms with van der Waals surface area (Å²) in [5.74, 6) is -0.796. The Kier molecular flexibility index (Phi) is 4.98. The molecule has 1 rings (SSSR count). The average Bonchev–Trinajstić information content (AvgIpc) is 2.36. The van der Waals surface area contributed by atoms with Gasteiger partial charge in [-0.3, -0.25) is 4.98 Å². The van der Waals surface area contributed by atoms with Crippen molar-refractivity contribution in [2.45, 2.75) is 13.5 Å². The molecule has 18 heavy (non-hydrogen) atoms. The number of nitrogens with zero attached hydrogens (tertiary/aromatic N) is 2. The molecule has 0 aromatic carbocycles. The third-order valence-electron chi connectivity index (χ3n) is 2.08. The summed E-state index contributed by atoms with van der Waals surface area (Å²) in [6.45, 7) is 5.50. The molecule has 1 aromatic heterocycles. The Balaban J connectivity index is 2.74. The fourth-order valence-electron chi connectivity index (χ4n) is 1.21. The van der Waals surface area contributed by atoms with Gasteiger partial charge in [0, 0.05) is 12.4 Å². The molecule has 96 valence electrons. The zero-order valence-electron chi connectivity index (χ0n) is 10.2. The molecule has 1 heterocycles. The van der Waals surface area contributed by atoms with Gasteiger partial charge in [0.05, 0.1) is 24.9 Å². The number of carbonyl (C=O) groups excluding carboxylic acids is 1. The molecule has 6 heteroatoms. The molecule has 0 radical (unpaired) electrons. The van der Waals surface area contributed by atoms with Crippen molar-refractivity contribution in [3.8, 4) is 0 Å². The van der Waals surface area contributed by atoms with E-state index < -0.39 is 11.8 Å². The fraction of sp³-hybridized carbons (Fsp3) is 0.250. The molecule has 1 aromatic rings. The number of ether oxygens (including phenoxy) is 1. The van der Waals surface area contributed by atoms with Gasteiger partial charge in [0.1, 0.15) is 11.6 Å². The number of nitrogens with one attached hydrogen (secondary N) is 1. The van der Waals surface area contributed by atoms with Crippen LogP contribution in [-0.2, 0) is 11.3 Å². The summed E-state index contributed by atoms with van der Waals surface area (Å²) in [4.78, 5) is 18.9. The molecule has 0 aliphatic heterocycles. The Bertz CT molecular complexity index is 486. The maximum Gasteiger partial charge on any atom is 0.339 e. The van der Waals surface area contributed by atoms with Crippen LogP contribution in [0.3, 0.4) is 0 Å². The normalized spacial score (nSPS) is 10.4. The highest BCUT2D eigenvalue weighted by molar-refractivity contribution is 5.88. The molecule has 0 saturated heterocycles. The molecular weight excluding hydrogens is 237 g/mol. The van der Waals surface area contributed by atoms with Crippen molar-refractivity contribution in [2.75, 3.05) is 7.11 Å². The number of hydrogen-bond donors (Lipinski definition) is 1. The van der Waals surface area contributed by atoms with E-state index in [1.165, 1.54) is 13.3 Å². The molecule has 0 amide bonds. The molecule has 0 aliphatic rings. The molecule has 1 N–H and O–H groups in total. The van der Waals surface area contributed by atoms with Gasteiger partial charge >= 0.3 is 5.97 Å². The topological polar surface area (TPSA) is 63.6 Å². The first-order valence-electron chi connectivity index (χ1n) is 5.22. The lowest BCUT2D eigenvalue weighted by Gasteiger charge is -2.06. The number of esters is 1. The lowest BCUT2D eigenvalue weighted by molar-refractivity contribution is 0.0599. The first kappa shape index (κ1) is 13.8. The van der Waals surface area contributed by atoms with Crippen molar-refractivity contribution >= 4 is 12.2 Å². The zero-order chi connectivity index (χ0) is 13.5. The number of rotatable bonds is 5. The minimum atomic E-state index is -0.624. The van der Waals surface area contributed by atoms with E-state index >= 15 is 0 Å². The minimum Gasteiger partial charge on any atom is -0.465 e. The number of halogens is 1. The van der Waals surface area contributed by atoms with Crippen molar-refractivity contribution in [1.82, 2.24) is 10.3 Å². The highest BCUT2D eigenvalue weighted by atomic mass is 19.1. The highest BCUT2D eigenvalue weighted by Crippen LogP contribution is 2.08. The lowest BCUT2D eigenvalue weighted by atomic mass is 10.2. The van der Waals surface area contributed by atoms with Crippen LogP contribution >= 0.6 is 0 Å². The van der Waals surface area contributed by atoms with E-state index in [0.717, 1.165) is 6.07 Å². The predicted octanol–water partition coefficient (Wildman–Crippen LogP) is 1.66. The minimum absolute atomic E-state index is 0.0733. The Morgan fingerprint density at radius 3 is 3.00 bits per heavy atom. The summed E-state index contributed by atoms with van der Waals surface area (Å²) in [5, 5.41) is 2.79. The number of pyridine rings is 1. The van der Waals surface area contributed by atoms with Crippen molar-refractivity contribution < 1.29 is 13.9 Å². The molecule has 0 unspecified atom stereocenters. The molecular formula is C12H14FN3O2. The predicted molar refractivity (Wildman–Crippen MR) is 65.7 cm³/mol. The van der Waals surface area contributed by atoms with Gasteiger partial charge < -0.3 is 10.1 Å². The molecule has 5 nitrogen and oxygen atoms in total. The molecule has 0 atom stereocenters. The van der Waals surface area contributed by atoms with Gasteiger partial charge in [-0.2, -0.15) is 0 Å². The van der Waals surface area contributed by atoms with Crippen LogP contribution in [0.1, 0.15) is 23.0 Å². The Labute approximate surface area is 104 Å². The van der Waals surface area contributed by atoms with Gasteiger partial charge in [-0.1, -0.05) is 6.58 Å². The monoisotopic (exact) mass is 251 g/mol. The van der Waals surface area contributed by atoms with Crippen LogP contribution in [0.5, 0.6) is 0 Å². The van der Waals surface area contributed by atoms with Crippen LogP contribution in [0, 0.1) is 5.82 Å². The summed E-state index contributed by atoms with van der Waals surface area (Å²) in [5.41, 5.74) is 0.249. The van der Waals surface area contributed by atoms with E-state index in [1.54, 1.807) is 13.1 Å². The smallest absolute Gasteiger partial charge is 0.339 e. The van der Waals surface area contributed by atoms with Gasteiger partial charge in [-0.15, -0.1) is 0 Å². The number of aromatic nitrogens is 1. The van der Waals surface area contributed by atoms with E-state index in [9.17, 15) is 9.18 Å². The third kappa shape index (κ3) is 3.65. The number of aliphatic imine (C=N–C) groups is 1. The standard InChI is InChI=1S/C12H14FN3O2/c1-4-14-8(2)15-7-11-10(13)5-9(6-16-11)12(17)18-3/h4-6,15H,2,7H2,1,3H3. The highest BCUT2D eigenvalue weighted by Gasteiger charge is 2.10. The number of carbonyl (C=O) groups is 1. The van der Waals surface area contributed by atoms with Gasteiger partial charge in [-0.25, -0.2) is 14.2 Å². The SMILES string of the molecule is C=C(N=CC)NCc1ncc(C(=O)OC)cc1F. The largest absolute Gasteiger partial charge is 0.465 e. The van der Waals surface area contributed by atoms with E-state index in [0.29, 0.717) is 5.82 Å². The summed E-state index contributed by atoms with van der Waals surface area (Å²) < 4.78 is 18.1. The van der Waals surface area contributed by atoms with Gasteiger partial charge in [0.15, 0.2) is 0 Å². The van der Waals surface area contributed by atoms with Crippen LogP contribution < -0.4 is 5.32 Å². The van der Waals surface area contributed by atoms with Crippen LogP contribution in [0.4, 0.5) is 4.39 Å². The van der Waals surface area contributed by atoms with Crippen LogP contribution in [0.15, 0.2) is 29.7 Å². The summed E-state index contributed by atoms with van der Waals surface area (Å²) >= 11 is 0. The number of methoxy groups -OCH3 is 1. The Hall–Kier alpha value is -2.24. The zero-order valence-corrected chi connectivity index (χ0v) is 10.2. The molecule has 0 fully saturated rings. The van der Waals surface area contributed by atoms with Crippen LogP contribution in [0.25, 0.3) is 0 Å². The summed E-state index contributed by atoms with van der Waals surface area (Å²) in [6, 6.07) is 1.09. The Morgan fingerprint density at radius 2 is 2.44 bits per heavy atom. The number of hydrogen-bond acceptors (Lipinski definition) is 5. The molecule has 0 aliphatic carbocycles. The first-order chi connectivity index (χ1) is 8.58. The van der Waals surface area contributed by atoms with Crippen molar-refractivity contribution in [3.63, 3.8) is 0 Å². The average molecular weight is 251 g/mol. The summed E-state index contributed by atoms with van der Waals surface area (Å²) in [7, 11) is 1.22. The molecule has 0 bridgehead atoms. The van der Waals surface area contributed by atoms with Gasteiger partial charge in [-0.05, 0) is 13.0 Å². The van der Waals surface area contributed by atoms with Crippen LogP contribution in [-0.4, -0.2) is 24.3 Å². The Morgan fingerprint density at radius 1 is 1.72 bits per heavy atom. The summed E-state index contributed by atoms with van der Waals surface area (Å²) in [6.07, 6.45) is 2.83.